The molecule has 0 radical (unpaired) electrons. The molecule has 1 heteroatoms. The van der Waals surface area contributed by atoms with Gasteiger partial charge in [-0.1, -0.05) is 25.7 Å². The van der Waals surface area contributed by atoms with E-state index in [4.69, 9.17) is 0 Å². The topological polar surface area (TPSA) is 0 Å². The average molecular weight is 210 g/mol. The summed E-state index contributed by atoms with van der Waals surface area (Å²) in [5.74, 6) is 1.16. The van der Waals surface area contributed by atoms with Crippen LogP contribution in [0.2, 0.25) is 0 Å². The third-order valence-corrected chi connectivity index (χ3v) is 7.46. The molecule has 0 nitrogen and oxygen atoms in total. The summed E-state index contributed by atoms with van der Waals surface area (Å²) in [7, 11) is 1.36. The zero-order chi connectivity index (χ0) is 9.43. The molecule has 0 amide bonds. The molecule has 3 aliphatic rings. The van der Waals surface area contributed by atoms with Gasteiger partial charge in [-0.05, 0) is 55.3 Å². The van der Waals surface area contributed by atoms with Gasteiger partial charge < -0.3 is 0 Å². The first-order chi connectivity index (χ1) is 6.89. The molecule has 1 saturated carbocycles. The van der Waals surface area contributed by atoms with Crippen molar-refractivity contribution in [3.05, 3.63) is 0 Å². The van der Waals surface area contributed by atoms with E-state index in [0.29, 0.717) is 0 Å². The highest BCUT2D eigenvalue weighted by atomic mass is 31.1. The van der Waals surface area contributed by atoms with Gasteiger partial charge in [0.1, 0.15) is 0 Å². The van der Waals surface area contributed by atoms with Gasteiger partial charge in [0, 0.05) is 0 Å². The molecule has 2 aliphatic heterocycles. The van der Waals surface area contributed by atoms with E-state index in [1.165, 1.54) is 8.58 Å². The molecule has 80 valence electrons. The van der Waals surface area contributed by atoms with Crippen LogP contribution in [-0.4, -0.2) is 10.8 Å². The monoisotopic (exact) mass is 210 g/mol. The van der Waals surface area contributed by atoms with Gasteiger partial charge in [0.25, 0.3) is 0 Å². The highest BCUT2D eigenvalue weighted by molar-refractivity contribution is 7.41. The number of fused-ring (bicyclic) bond motifs is 2. The minimum absolute atomic E-state index is 0.887. The van der Waals surface area contributed by atoms with Crippen molar-refractivity contribution in [2.45, 2.75) is 75.0 Å². The van der Waals surface area contributed by atoms with Crippen LogP contribution < -0.4 is 0 Å². The van der Waals surface area contributed by atoms with E-state index < -0.39 is 0 Å². The Hall–Kier alpha value is 0.430. The zero-order valence-corrected chi connectivity index (χ0v) is 10.2. The van der Waals surface area contributed by atoms with Gasteiger partial charge in [-0.2, -0.15) is 0 Å². The zero-order valence-electron chi connectivity index (χ0n) is 9.23. The highest BCUT2D eigenvalue weighted by Gasteiger charge is 2.45. The Morgan fingerprint density at radius 1 is 0.786 bits per heavy atom. The predicted octanol–water partition coefficient (Wildman–Crippen LogP) is 4.33. The normalized spacial score (nSPS) is 45.9. The van der Waals surface area contributed by atoms with E-state index in [0.717, 1.165) is 16.7 Å². The van der Waals surface area contributed by atoms with Crippen LogP contribution in [0.3, 0.4) is 0 Å². The van der Waals surface area contributed by atoms with Crippen LogP contribution in [0.5, 0.6) is 0 Å². The third-order valence-electron chi connectivity index (χ3n) is 4.99. The summed E-state index contributed by atoms with van der Waals surface area (Å²) in [5.41, 5.74) is 1.16. The van der Waals surface area contributed by atoms with Crippen LogP contribution in [0.1, 0.15) is 64.2 Å². The molecule has 14 heavy (non-hydrogen) atoms. The molecule has 2 heterocycles. The molecular formula is C13H23P. The molecule has 0 spiro atoms. The highest BCUT2D eigenvalue weighted by Crippen LogP contribution is 2.61. The second kappa shape index (κ2) is 3.78. The van der Waals surface area contributed by atoms with Gasteiger partial charge >= 0.3 is 0 Å². The molecule has 1 aliphatic carbocycles. The van der Waals surface area contributed by atoms with Crippen molar-refractivity contribution < 1.29 is 0 Å². The Labute approximate surface area is 90.0 Å². The lowest BCUT2D eigenvalue weighted by Crippen LogP contribution is -2.28. The van der Waals surface area contributed by atoms with Crippen molar-refractivity contribution in [1.29, 1.82) is 0 Å². The van der Waals surface area contributed by atoms with Crippen molar-refractivity contribution in [2.24, 2.45) is 5.92 Å². The molecular weight excluding hydrogens is 187 g/mol. The van der Waals surface area contributed by atoms with Gasteiger partial charge in [-0.15, -0.1) is 8.58 Å². The van der Waals surface area contributed by atoms with E-state index in [-0.39, 0.29) is 0 Å². The summed E-state index contributed by atoms with van der Waals surface area (Å²) in [6, 6.07) is 0. The first-order valence-electron chi connectivity index (χ1n) is 6.67. The van der Waals surface area contributed by atoms with Gasteiger partial charge in [-0.25, -0.2) is 0 Å². The van der Waals surface area contributed by atoms with Crippen LogP contribution in [0.25, 0.3) is 0 Å². The van der Waals surface area contributed by atoms with Gasteiger partial charge in [0.2, 0.25) is 0 Å². The Morgan fingerprint density at radius 3 is 2.43 bits per heavy atom. The van der Waals surface area contributed by atoms with Crippen molar-refractivity contribution in [3.8, 4) is 0 Å². The molecule has 2 bridgehead atoms. The fraction of sp³-hybridized carbons (Fsp3) is 1.00. The molecule has 0 N–H and O–H groups in total. The Kier molecular flexibility index (Phi) is 2.60. The summed E-state index contributed by atoms with van der Waals surface area (Å²) in [4.78, 5) is 0. The summed E-state index contributed by atoms with van der Waals surface area (Å²) in [6.07, 6.45) is 15.7. The largest absolute Gasteiger partial charge is 0.112 e. The van der Waals surface area contributed by atoms with E-state index in [9.17, 15) is 0 Å². The van der Waals surface area contributed by atoms with Crippen molar-refractivity contribution >= 4 is 8.58 Å². The van der Waals surface area contributed by atoms with Crippen LogP contribution in [0.15, 0.2) is 0 Å². The van der Waals surface area contributed by atoms with Gasteiger partial charge in [0.15, 0.2) is 0 Å². The van der Waals surface area contributed by atoms with E-state index >= 15 is 0 Å². The maximum atomic E-state index is 1.61. The molecule has 2 saturated heterocycles. The first kappa shape index (κ1) is 9.64. The smallest absolute Gasteiger partial charge is 0.00910 e. The minimum atomic E-state index is 0.887. The van der Waals surface area contributed by atoms with E-state index in [2.05, 4.69) is 0 Å². The molecule has 3 fully saturated rings. The Morgan fingerprint density at radius 2 is 1.57 bits per heavy atom. The average Bonchev–Trinajstić information content (AvgIpc) is 2.75. The van der Waals surface area contributed by atoms with Crippen LogP contribution in [0.4, 0.5) is 0 Å². The molecule has 3 rings (SSSR count). The van der Waals surface area contributed by atoms with Crippen LogP contribution in [-0.2, 0) is 0 Å². The lowest BCUT2D eigenvalue weighted by atomic mass is 9.80. The second-order valence-corrected chi connectivity index (χ2v) is 7.86. The summed E-state index contributed by atoms with van der Waals surface area (Å²) in [5, 5.41) is 0.887. The summed E-state index contributed by atoms with van der Waals surface area (Å²) >= 11 is 0. The van der Waals surface area contributed by atoms with Crippen LogP contribution >= 0.6 is 8.58 Å². The molecule has 3 atom stereocenters. The third kappa shape index (κ3) is 1.54. The van der Waals surface area contributed by atoms with Crippen molar-refractivity contribution in [2.75, 3.05) is 0 Å². The van der Waals surface area contributed by atoms with E-state index in [1.807, 2.05) is 0 Å². The minimum Gasteiger partial charge on any atom is -0.112 e. The lowest BCUT2D eigenvalue weighted by molar-refractivity contribution is 0.330. The van der Waals surface area contributed by atoms with Gasteiger partial charge in [0.05, 0.1) is 0 Å². The molecule has 0 aromatic rings. The quantitative estimate of drug-likeness (QED) is 0.565. The molecule has 3 unspecified atom stereocenters. The Balaban J connectivity index is 1.79. The maximum Gasteiger partial charge on any atom is -0.00910 e. The first-order valence-corrected chi connectivity index (χ1v) is 7.74. The van der Waals surface area contributed by atoms with Crippen LogP contribution in [0, 0.1) is 5.92 Å². The molecule has 0 aromatic carbocycles. The Bertz CT molecular complexity index is 207. The SMILES string of the molecule is C1CCC2(C3CCCC3)CCC(C1)P2. The summed E-state index contributed by atoms with van der Waals surface area (Å²) in [6.45, 7) is 0. The fourth-order valence-corrected chi connectivity index (χ4v) is 6.82. The second-order valence-electron chi connectivity index (χ2n) is 5.76. The van der Waals surface area contributed by atoms with Crippen molar-refractivity contribution in [1.82, 2.24) is 0 Å². The fourth-order valence-electron chi connectivity index (χ4n) is 4.23. The maximum absolute atomic E-state index is 1.61. The summed E-state index contributed by atoms with van der Waals surface area (Å²) < 4.78 is 0. The number of hydrogen-bond acceptors (Lipinski definition) is 0. The van der Waals surface area contributed by atoms with Gasteiger partial charge in [-0.3, -0.25) is 0 Å². The van der Waals surface area contributed by atoms with E-state index in [1.54, 1.807) is 64.2 Å². The number of rotatable bonds is 1. The standard InChI is InChI=1S/C13H23P/c1-2-6-11(5-1)13-9-4-3-7-12(14-13)8-10-13/h11-12,14H,1-10H2. The predicted molar refractivity (Wildman–Crippen MR) is 64.5 cm³/mol. The molecule has 0 aromatic heterocycles. The lowest BCUT2D eigenvalue weighted by Gasteiger charge is -2.35. The van der Waals surface area contributed by atoms with Crippen molar-refractivity contribution in [3.63, 3.8) is 0 Å². The number of hydrogen-bond donors (Lipinski definition) is 0.